The summed E-state index contributed by atoms with van der Waals surface area (Å²) in [6, 6.07) is 6.16. The highest BCUT2D eigenvalue weighted by atomic mass is 16.5. The van der Waals surface area contributed by atoms with Gasteiger partial charge in [-0.25, -0.2) is 14.4 Å². The van der Waals surface area contributed by atoms with Crippen molar-refractivity contribution in [1.82, 2.24) is 24.7 Å². The van der Waals surface area contributed by atoms with Crippen LogP contribution in [0, 0.1) is 0 Å². The first kappa shape index (κ1) is 26.5. The van der Waals surface area contributed by atoms with Gasteiger partial charge in [0, 0.05) is 45.0 Å². The Bertz CT molecular complexity index is 1190. The lowest BCUT2D eigenvalue weighted by Crippen LogP contribution is -2.60. The van der Waals surface area contributed by atoms with Gasteiger partial charge in [-0.15, -0.1) is 0 Å². The zero-order valence-electron chi connectivity index (χ0n) is 20.4. The predicted octanol–water partition coefficient (Wildman–Crippen LogP) is 0.498. The third kappa shape index (κ3) is 6.10. The summed E-state index contributed by atoms with van der Waals surface area (Å²) < 4.78 is 6.64. The summed E-state index contributed by atoms with van der Waals surface area (Å²) in [5.41, 5.74) is -0.566. The van der Waals surface area contributed by atoms with Crippen LogP contribution in [0.4, 0.5) is 15.4 Å². The van der Waals surface area contributed by atoms with Gasteiger partial charge in [0.2, 0.25) is 5.91 Å². The van der Waals surface area contributed by atoms with Crippen LogP contribution in [0.25, 0.3) is 5.69 Å². The maximum Gasteiger partial charge on any atom is 0.405 e. The number of carboxylic acid groups (broad SMARTS) is 1. The van der Waals surface area contributed by atoms with Gasteiger partial charge in [0.1, 0.15) is 17.1 Å². The average Bonchev–Trinajstić information content (AvgIpc) is 2.83. The number of rotatable bonds is 7. The number of aliphatic hydroxyl groups is 1. The first-order chi connectivity index (χ1) is 17.1. The van der Waals surface area contributed by atoms with E-state index in [1.807, 2.05) is 0 Å². The van der Waals surface area contributed by atoms with Gasteiger partial charge < -0.3 is 30.1 Å². The molecule has 0 bridgehead atoms. The number of amides is 4. The van der Waals surface area contributed by atoms with Gasteiger partial charge >= 0.3 is 17.8 Å². The molecule has 0 spiro atoms. The second kappa shape index (κ2) is 11.1. The van der Waals surface area contributed by atoms with Crippen molar-refractivity contribution in [3.63, 3.8) is 0 Å². The highest BCUT2D eigenvalue weighted by molar-refractivity contribution is 5.90. The number of hydrogen-bond acceptors (Lipinski definition) is 7. The van der Waals surface area contributed by atoms with Crippen LogP contribution in [0.15, 0.2) is 35.3 Å². The number of ether oxygens (including phenoxy) is 1. The molecule has 0 unspecified atom stereocenters. The minimum absolute atomic E-state index is 0.0309. The Morgan fingerprint density at radius 2 is 1.78 bits per heavy atom. The number of carbonyl (C=O) groups is 3. The van der Waals surface area contributed by atoms with Gasteiger partial charge in [-0.3, -0.25) is 14.7 Å². The van der Waals surface area contributed by atoms with Crippen LogP contribution in [0.5, 0.6) is 5.75 Å². The molecule has 1 fully saturated rings. The van der Waals surface area contributed by atoms with E-state index in [0.29, 0.717) is 17.9 Å². The molecular formula is C23H30N6O7. The molecule has 1 aliphatic rings. The van der Waals surface area contributed by atoms with Crippen LogP contribution in [-0.4, -0.2) is 93.0 Å². The van der Waals surface area contributed by atoms with Gasteiger partial charge in [0.15, 0.2) is 0 Å². The van der Waals surface area contributed by atoms with E-state index in [9.17, 15) is 19.2 Å². The molecule has 0 saturated carbocycles. The summed E-state index contributed by atoms with van der Waals surface area (Å²) in [5, 5.41) is 22.9. The SMILES string of the molecule is COc1cc(-n2ccc(NC(=O)N3CCN(C(=O)C(C)(C)NC(=O)O)CC3)nc2=O)ccc1CCO. The molecule has 1 saturated heterocycles. The molecule has 0 radical (unpaired) electrons. The van der Waals surface area contributed by atoms with Crippen molar-refractivity contribution < 1.29 is 29.3 Å². The van der Waals surface area contributed by atoms with Crippen LogP contribution < -0.4 is 21.1 Å². The number of anilines is 1. The first-order valence-electron chi connectivity index (χ1n) is 11.3. The van der Waals surface area contributed by atoms with Gasteiger partial charge in [0.05, 0.1) is 12.8 Å². The van der Waals surface area contributed by atoms with Crippen molar-refractivity contribution in [3.8, 4) is 11.4 Å². The summed E-state index contributed by atoms with van der Waals surface area (Å²) in [5.74, 6) is 0.234. The van der Waals surface area contributed by atoms with E-state index in [-0.39, 0.29) is 44.5 Å². The van der Waals surface area contributed by atoms with E-state index in [1.165, 1.54) is 47.6 Å². The molecule has 1 aliphatic heterocycles. The Hall–Kier alpha value is -4.13. The second-order valence-corrected chi connectivity index (χ2v) is 8.70. The van der Waals surface area contributed by atoms with Crippen molar-refractivity contribution in [2.24, 2.45) is 0 Å². The van der Waals surface area contributed by atoms with E-state index in [1.54, 1.807) is 18.2 Å². The third-order valence-electron chi connectivity index (χ3n) is 5.78. The van der Waals surface area contributed by atoms with Gasteiger partial charge in [-0.05, 0) is 38.0 Å². The first-order valence-corrected chi connectivity index (χ1v) is 11.3. The summed E-state index contributed by atoms with van der Waals surface area (Å²) in [6.45, 7) is 3.87. The predicted molar refractivity (Wildman–Crippen MR) is 130 cm³/mol. The van der Waals surface area contributed by atoms with Crippen molar-refractivity contribution in [2.75, 3.05) is 45.2 Å². The second-order valence-electron chi connectivity index (χ2n) is 8.70. The van der Waals surface area contributed by atoms with E-state index >= 15 is 0 Å². The van der Waals surface area contributed by atoms with Crippen LogP contribution in [-0.2, 0) is 11.2 Å². The molecule has 2 heterocycles. The quantitative estimate of drug-likeness (QED) is 0.425. The number of carbonyl (C=O) groups excluding carboxylic acids is 2. The normalized spacial score (nSPS) is 13.8. The minimum atomic E-state index is -1.29. The highest BCUT2D eigenvalue weighted by Gasteiger charge is 2.35. The fourth-order valence-corrected chi connectivity index (χ4v) is 3.90. The van der Waals surface area contributed by atoms with Gasteiger partial charge in [0.25, 0.3) is 0 Å². The number of aliphatic hydroxyl groups excluding tert-OH is 1. The number of aromatic nitrogens is 2. The van der Waals surface area contributed by atoms with Crippen LogP contribution in [0.1, 0.15) is 19.4 Å². The average molecular weight is 503 g/mol. The maximum atomic E-state index is 12.7. The molecule has 4 amide bonds. The Balaban J connectivity index is 1.63. The summed E-state index contributed by atoms with van der Waals surface area (Å²) in [4.78, 5) is 55.7. The molecule has 1 aromatic carbocycles. The van der Waals surface area contributed by atoms with Gasteiger partial charge in [-0.2, -0.15) is 4.98 Å². The molecule has 36 heavy (non-hydrogen) atoms. The van der Waals surface area contributed by atoms with Crippen molar-refractivity contribution in [3.05, 3.63) is 46.5 Å². The smallest absolute Gasteiger partial charge is 0.405 e. The number of benzene rings is 1. The molecule has 13 nitrogen and oxygen atoms in total. The number of urea groups is 1. The Morgan fingerprint density at radius 1 is 1.11 bits per heavy atom. The molecule has 194 valence electrons. The molecule has 0 atom stereocenters. The topological polar surface area (TPSA) is 166 Å². The lowest BCUT2D eigenvalue weighted by molar-refractivity contribution is -0.138. The summed E-state index contributed by atoms with van der Waals surface area (Å²) in [6.07, 6.45) is 0.610. The standard InChI is InChI=1S/C23H30N6O7/c1-23(2,26-22(34)35)19(31)27-9-11-28(12-10-27)20(32)24-18-6-8-29(21(33)25-18)16-5-4-15(7-13-30)17(14-16)36-3/h4-6,8,14,26,30H,7,9-13H2,1-3H3,(H,34,35)(H,24,25,32,33). The molecular weight excluding hydrogens is 472 g/mol. The number of hydrogen-bond donors (Lipinski definition) is 4. The zero-order chi connectivity index (χ0) is 26.5. The zero-order valence-corrected chi connectivity index (χ0v) is 20.4. The largest absolute Gasteiger partial charge is 0.496 e. The third-order valence-corrected chi connectivity index (χ3v) is 5.78. The number of nitrogens with zero attached hydrogens (tertiary/aromatic N) is 4. The Kier molecular flexibility index (Phi) is 8.14. The molecule has 4 N–H and O–H groups in total. The van der Waals surface area contributed by atoms with Crippen molar-refractivity contribution in [1.29, 1.82) is 0 Å². The van der Waals surface area contributed by atoms with E-state index in [2.05, 4.69) is 15.6 Å². The van der Waals surface area contributed by atoms with E-state index < -0.39 is 23.4 Å². The summed E-state index contributed by atoms with van der Waals surface area (Å²) >= 11 is 0. The van der Waals surface area contributed by atoms with Crippen LogP contribution >= 0.6 is 0 Å². The molecule has 3 rings (SSSR count). The van der Waals surface area contributed by atoms with E-state index in [4.69, 9.17) is 14.9 Å². The lowest BCUT2D eigenvalue weighted by atomic mass is 10.0. The fraction of sp³-hybridized carbons (Fsp3) is 0.435. The number of piperazine rings is 1. The molecule has 1 aromatic heterocycles. The van der Waals surface area contributed by atoms with Crippen molar-refractivity contribution >= 4 is 23.8 Å². The Morgan fingerprint density at radius 3 is 2.36 bits per heavy atom. The Labute approximate surface area is 207 Å². The summed E-state index contributed by atoms with van der Waals surface area (Å²) in [7, 11) is 1.50. The molecule has 0 aliphatic carbocycles. The monoisotopic (exact) mass is 502 g/mol. The molecule has 2 aromatic rings. The molecule has 13 heteroatoms. The number of methoxy groups -OCH3 is 1. The van der Waals surface area contributed by atoms with Crippen molar-refractivity contribution in [2.45, 2.75) is 25.8 Å². The highest BCUT2D eigenvalue weighted by Crippen LogP contribution is 2.22. The number of nitrogens with one attached hydrogen (secondary N) is 2. The van der Waals surface area contributed by atoms with Gasteiger partial charge in [-0.1, -0.05) is 6.07 Å². The van der Waals surface area contributed by atoms with Crippen LogP contribution in [0.2, 0.25) is 0 Å². The van der Waals surface area contributed by atoms with Crippen LogP contribution in [0.3, 0.4) is 0 Å². The fourth-order valence-electron chi connectivity index (χ4n) is 3.90. The van der Waals surface area contributed by atoms with E-state index in [0.717, 1.165) is 5.56 Å². The maximum absolute atomic E-state index is 12.7. The lowest BCUT2D eigenvalue weighted by Gasteiger charge is -2.38. The minimum Gasteiger partial charge on any atom is -0.496 e.